The van der Waals surface area contributed by atoms with Gasteiger partial charge >= 0.3 is 0 Å². The third-order valence-electron chi connectivity index (χ3n) is 5.41. The van der Waals surface area contributed by atoms with Gasteiger partial charge in [0.2, 0.25) is 0 Å². The lowest BCUT2D eigenvalue weighted by Gasteiger charge is -2.14. The lowest BCUT2D eigenvalue weighted by molar-refractivity contribution is 0.0949. The number of allylic oxidation sites excluding steroid dienone is 1. The van der Waals surface area contributed by atoms with Crippen LogP contribution in [-0.2, 0) is 19.5 Å². The molecule has 0 radical (unpaired) electrons. The number of benzene rings is 3. The third-order valence-corrected chi connectivity index (χ3v) is 5.90. The molecule has 0 bridgehead atoms. The summed E-state index contributed by atoms with van der Waals surface area (Å²) in [4.78, 5) is 17.4. The highest BCUT2D eigenvalue weighted by atomic mass is 79.9. The number of fused-ring (bicyclic) bond motifs is 1. The summed E-state index contributed by atoms with van der Waals surface area (Å²) in [6, 6.07) is 21.1. The van der Waals surface area contributed by atoms with Crippen molar-refractivity contribution in [1.29, 1.82) is 0 Å². The fourth-order valence-corrected chi connectivity index (χ4v) is 4.17. The number of nitrogens with one attached hydrogen (secondary N) is 1. The molecule has 0 aliphatic heterocycles. The molecule has 1 aromatic heterocycles. The number of para-hydroxylation sites is 2. The van der Waals surface area contributed by atoms with E-state index in [9.17, 15) is 4.79 Å². The van der Waals surface area contributed by atoms with E-state index >= 15 is 0 Å². The smallest absolute Gasteiger partial charge is 0.251 e. The van der Waals surface area contributed by atoms with Crippen molar-refractivity contribution in [2.24, 2.45) is 0 Å². The molecule has 7 heteroatoms. The lowest BCUT2D eigenvalue weighted by Crippen LogP contribution is -2.25. The van der Waals surface area contributed by atoms with Crippen LogP contribution in [0.3, 0.4) is 0 Å². The topological polar surface area (TPSA) is 65.4 Å². The van der Waals surface area contributed by atoms with Crippen LogP contribution in [0.25, 0.3) is 11.0 Å². The Balaban J connectivity index is 1.48. The summed E-state index contributed by atoms with van der Waals surface area (Å²) in [5.74, 6) is 1.99. The zero-order valence-corrected chi connectivity index (χ0v) is 20.5. The van der Waals surface area contributed by atoms with Gasteiger partial charge in [-0.25, -0.2) is 4.98 Å². The summed E-state index contributed by atoms with van der Waals surface area (Å²) < 4.78 is 14.5. The van der Waals surface area contributed by atoms with Crippen molar-refractivity contribution in [2.75, 3.05) is 13.7 Å². The molecule has 0 spiro atoms. The summed E-state index contributed by atoms with van der Waals surface area (Å²) in [5.41, 5.74) is 3.57. The van der Waals surface area contributed by atoms with Crippen LogP contribution in [-0.4, -0.2) is 29.2 Å². The number of imidazole rings is 1. The molecule has 1 amide bonds. The number of nitrogens with zero attached hydrogens (tertiary/aromatic N) is 2. The van der Waals surface area contributed by atoms with E-state index in [0.29, 0.717) is 36.8 Å². The van der Waals surface area contributed by atoms with Gasteiger partial charge in [0.15, 0.2) is 11.5 Å². The number of methoxy groups -OCH3 is 1. The number of amides is 1. The molecular weight excluding hydrogens is 494 g/mol. The minimum atomic E-state index is -0.152. The molecule has 0 aliphatic carbocycles. The lowest BCUT2D eigenvalue weighted by atomic mass is 10.1. The van der Waals surface area contributed by atoms with Crippen molar-refractivity contribution in [3.8, 4) is 11.5 Å². The zero-order valence-electron chi connectivity index (χ0n) is 19.0. The number of carbonyl (C=O) groups excluding carboxylic acids is 1. The Kier molecular flexibility index (Phi) is 7.65. The monoisotopic (exact) mass is 519 g/mol. The SMILES string of the molecule is C=CCc1ccc(OCCn2c(CNC(=O)c3cccc(Br)c3)nc3ccccc32)c(OC)c1. The van der Waals surface area contributed by atoms with Crippen LogP contribution < -0.4 is 14.8 Å². The van der Waals surface area contributed by atoms with Gasteiger partial charge in [0.1, 0.15) is 12.4 Å². The van der Waals surface area contributed by atoms with Crippen LogP contribution in [0.4, 0.5) is 0 Å². The molecule has 0 atom stereocenters. The average Bonchev–Trinajstić information content (AvgIpc) is 3.21. The maximum Gasteiger partial charge on any atom is 0.251 e. The Morgan fingerprint density at radius 1 is 1.12 bits per heavy atom. The predicted molar refractivity (Wildman–Crippen MR) is 137 cm³/mol. The largest absolute Gasteiger partial charge is 0.493 e. The Bertz CT molecular complexity index is 1320. The minimum absolute atomic E-state index is 0.152. The minimum Gasteiger partial charge on any atom is -0.493 e. The molecule has 174 valence electrons. The number of ether oxygens (including phenoxy) is 2. The Morgan fingerprint density at radius 3 is 2.76 bits per heavy atom. The molecular formula is C27H26BrN3O3. The summed E-state index contributed by atoms with van der Waals surface area (Å²) >= 11 is 3.41. The number of hydrogen-bond donors (Lipinski definition) is 1. The van der Waals surface area contributed by atoms with Crippen molar-refractivity contribution >= 4 is 32.9 Å². The first-order valence-corrected chi connectivity index (χ1v) is 11.8. The van der Waals surface area contributed by atoms with Crippen LogP contribution >= 0.6 is 15.9 Å². The van der Waals surface area contributed by atoms with Gasteiger partial charge in [-0.2, -0.15) is 0 Å². The van der Waals surface area contributed by atoms with Crippen molar-refractivity contribution in [3.63, 3.8) is 0 Å². The molecule has 6 nitrogen and oxygen atoms in total. The first-order valence-electron chi connectivity index (χ1n) is 11.0. The van der Waals surface area contributed by atoms with E-state index in [0.717, 1.165) is 33.3 Å². The average molecular weight is 520 g/mol. The van der Waals surface area contributed by atoms with Crippen LogP contribution in [0.5, 0.6) is 11.5 Å². The molecule has 3 aromatic carbocycles. The highest BCUT2D eigenvalue weighted by molar-refractivity contribution is 9.10. The van der Waals surface area contributed by atoms with Crippen molar-refractivity contribution < 1.29 is 14.3 Å². The van der Waals surface area contributed by atoms with E-state index in [2.05, 4.69) is 32.4 Å². The maximum atomic E-state index is 12.6. The fourth-order valence-electron chi connectivity index (χ4n) is 3.77. The Hall–Kier alpha value is -3.58. The molecule has 0 fully saturated rings. The van der Waals surface area contributed by atoms with E-state index in [4.69, 9.17) is 14.5 Å². The summed E-state index contributed by atoms with van der Waals surface area (Å²) in [7, 11) is 1.63. The standard InChI is InChI=1S/C27H26BrN3O3/c1-3-7-19-12-13-24(25(16-19)33-2)34-15-14-31-23-11-5-4-10-22(23)30-26(31)18-29-27(32)20-8-6-9-21(28)17-20/h3-6,8-13,16-17H,1,7,14-15,18H2,2H3,(H,29,32). The van der Waals surface area contributed by atoms with Gasteiger partial charge in [0.25, 0.3) is 5.91 Å². The Morgan fingerprint density at radius 2 is 1.97 bits per heavy atom. The number of hydrogen-bond acceptors (Lipinski definition) is 4. The van der Waals surface area contributed by atoms with Crippen LogP contribution in [0, 0.1) is 0 Å². The Labute approximate surface area is 207 Å². The van der Waals surface area contributed by atoms with E-state index in [1.54, 1.807) is 19.2 Å². The first kappa shape index (κ1) is 23.6. The first-order chi connectivity index (χ1) is 16.6. The van der Waals surface area contributed by atoms with Crippen molar-refractivity contribution in [2.45, 2.75) is 19.5 Å². The van der Waals surface area contributed by atoms with Crippen molar-refractivity contribution in [3.05, 3.63) is 101 Å². The van der Waals surface area contributed by atoms with E-state index in [-0.39, 0.29) is 5.91 Å². The van der Waals surface area contributed by atoms with Crippen LogP contribution in [0.2, 0.25) is 0 Å². The fraction of sp³-hybridized carbons (Fsp3) is 0.185. The van der Waals surface area contributed by atoms with Gasteiger partial charge in [-0.1, -0.05) is 46.3 Å². The molecule has 0 aliphatic rings. The number of aromatic nitrogens is 2. The van der Waals surface area contributed by atoms with E-state index < -0.39 is 0 Å². The highest BCUT2D eigenvalue weighted by Crippen LogP contribution is 2.28. The van der Waals surface area contributed by atoms with Gasteiger partial charge in [0, 0.05) is 10.0 Å². The third kappa shape index (κ3) is 5.48. The molecule has 4 rings (SSSR count). The van der Waals surface area contributed by atoms with Crippen LogP contribution in [0.1, 0.15) is 21.7 Å². The van der Waals surface area contributed by atoms with Crippen molar-refractivity contribution in [1.82, 2.24) is 14.9 Å². The summed E-state index contributed by atoms with van der Waals surface area (Å²) in [6.07, 6.45) is 2.63. The molecule has 1 N–H and O–H groups in total. The van der Waals surface area contributed by atoms with Gasteiger partial charge in [-0.05, 0) is 54.4 Å². The maximum absolute atomic E-state index is 12.6. The van der Waals surface area contributed by atoms with Gasteiger partial charge in [-0.3, -0.25) is 4.79 Å². The van der Waals surface area contributed by atoms with Gasteiger partial charge in [-0.15, -0.1) is 6.58 Å². The zero-order chi connectivity index (χ0) is 23.9. The number of rotatable bonds is 10. The second kappa shape index (κ2) is 11.0. The molecule has 34 heavy (non-hydrogen) atoms. The summed E-state index contributed by atoms with van der Waals surface area (Å²) in [5, 5.41) is 2.98. The van der Waals surface area contributed by atoms with E-state index in [1.807, 2.05) is 60.7 Å². The quantitative estimate of drug-likeness (QED) is 0.279. The van der Waals surface area contributed by atoms with E-state index in [1.165, 1.54) is 0 Å². The molecule has 0 saturated heterocycles. The second-order valence-electron chi connectivity index (χ2n) is 7.69. The molecule has 1 heterocycles. The predicted octanol–water partition coefficient (Wildman–Crippen LogP) is 5.54. The second-order valence-corrected chi connectivity index (χ2v) is 8.60. The molecule has 0 saturated carbocycles. The highest BCUT2D eigenvalue weighted by Gasteiger charge is 2.13. The molecule has 4 aromatic rings. The summed E-state index contributed by atoms with van der Waals surface area (Å²) in [6.45, 7) is 5.08. The molecule has 0 unspecified atom stereocenters. The van der Waals surface area contributed by atoms with Crippen LogP contribution in [0.15, 0.2) is 83.9 Å². The number of halogens is 1. The normalized spacial score (nSPS) is 10.8. The van der Waals surface area contributed by atoms with Gasteiger partial charge < -0.3 is 19.4 Å². The van der Waals surface area contributed by atoms with Gasteiger partial charge in [0.05, 0.1) is 31.2 Å². The number of carbonyl (C=O) groups is 1.